The van der Waals surface area contributed by atoms with Crippen LogP contribution in [0.15, 0.2) is 42.5 Å². The Morgan fingerprint density at radius 2 is 1.90 bits per heavy atom. The van der Waals surface area contributed by atoms with E-state index >= 15 is 0 Å². The summed E-state index contributed by atoms with van der Waals surface area (Å²) in [6, 6.07) is 13.8. The summed E-state index contributed by atoms with van der Waals surface area (Å²) in [5, 5.41) is 5.06. The molecule has 0 amide bonds. The summed E-state index contributed by atoms with van der Waals surface area (Å²) >= 11 is 0. The molecule has 3 aliphatic rings. The highest BCUT2D eigenvalue weighted by Gasteiger charge is 2.40. The Labute approximate surface area is 178 Å². The number of likely N-dealkylation sites (tertiary alicyclic amines) is 1. The van der Waals surface area contributed by atoms with Crippen LogP contribution in [0, 0.1) is 11.7 Å². The molecule has 1 saturated carbocycles. The second kappa shape index (κ2) is 7.74. The van der Waals surface area contributed by atoms with Crippen LogP contribution in [0.3, 0.4) is 0 Å². The molecule has 0 radical (unpaired) electrons. The molecule has 2 aromatic carbocycles. The first-order chi connectivity index (χ1) is 14.4. The molecule has 6 heteroatoms. The van der Waals surface area contributed by atoms with Crippen molar-refractivity contribution in [2.45, 2.75) is 55.7 Å². The summed E-state index contributed by atoms with van der Waals surface area (Å²) < 4.78 is 38.0. The summed E-state index contributed by atoms with van der Waals surface area (Å²) in [5.74, 6) is 0.307. The summed E-state index contributed by atoms with van der Waals surface area (Å²) in [7, 11) is -3.55. The molecule has 4 nitrogen and oxygen atoms in total. The fourth-order valence-electron chi connectivity index (χ4n) is 5.35. The predicted octanol–water partition coefficient (Wildman–Crippen LogP) is 3.39. The zero-order valence-electron chi connectivity index (χ0n) is 17.1. The van der Waals surface area contributed by atoms with Crippen LogP contribution in [0.1, 0.15) is 47.4 Å². The highest BCUT2D eigenvalue weighted by Crippen LogP contribution is 2.42. The molecule has 2 N–H and O–H groups in total. The van der Waals surface area contributed by atoms with E-state index in [-0.39, 0.29) is 11.7 Å². The second-order valence-corrected chi connectivity index (χ2v) is 11.1. The molecule has 2 fully saturated rings. The largest absolute Gasteiger partial charge is 0.299 e. The number of halogens is 1. The molecule has 0 aromatic heterocycles. The molecule has 1 aliphatic heterocycles. The number of hydrogen-bond acceptors (Lipinski definition) is 3. The van der Waals surface area contributed by atoms with Crippen molar-refractivity contribution in [2.24, 2.45) is 11.1 Å². The lowest BCUT2D eigenvalue weighted by Crippen LogP contribution is -2.47. The number of rotatable bonds is 7. The van der Waals surface area contributed by atoms with E-state index in [0.29, 0.717) is 18.4 Å². The predicted molar refractivity (Wildman–Crippen MR) is 116 cm³/mol. The lowest BCUT2D eigenvalue weighted by molar-refractivity contribution is 0.106. The van der Waals surface area contributed by atoms with Crippen LogP contribution in [0.4, 0.5) is 4.39 Å². The molecular formula is C24H29FN2O2S. The quantitative estimate of drug-likeness (QED) is 0.735. The molecule has 3 unspecified atom stereocenters. The van der Waals surface area contributed by atoms with E-state index in [2.05, 4.69) is 23.1 Å². The Morgan fingerprint density at radius 3 is 2.53 bits per heavy atom. The molecule has 160 valence electrons. The van der Waals surface area contributed by atoms with Gasteiger partial charge in [-0.2, -0.15) is 0 Å². The molecular weight excluding hydrogens is 399 g/mol. The van der Waals surface area contributed by atoms with Gasteiger partial charge in [0.05, 0.1) is 5.25 Å². The van der Waals surface area contributed by atoms with Gasteiger partial charge < -0.3 is 0 Å². The summed E-state index contributed by atoms with van der Waals surface area (Å²) in [6.45, 7) is 2.25. The number of nitrogens with two attached hydrogens (primary N) is 1. The van der Waals surface area contributed by atoms with Crippen molar-refractivity contribution in [1.29, 1.82) is 0 Å². The molecule has 5 rings (SSSR count). The topological polar surface area (TPSA) is 63.4 Å². The SMILES string of the molecule is NS(=O)(=O)C(Cc1ccc2c(c1)C(Cc1cccc(F)c1)C(N1CCC1)C2)C1CC1. The lowest BCUT2D eigenvalue weighted by Gasteiger charge is -2.39. The van der Waals surface area contributed by atoms with Crippen molar-refractivity contribution in [1.82, 2.24) is 4.90 Å². The number of primary sulfonamides is 1. The molecule has 3 atom stereocenters. The van der Waals surface area contributed by atoms with Gasteiger partial charge in [-0.1, -0.05) is 30.3 Å². The van der Waals surface area contributed by atoms with Crippen molar-refractivity contribution in [3.63, 3.8) is 0 Å². The van der Waals surface area contributed by atoms with Gasteiger partial charge in [0, 0.05) is 12.0 Å². The zero-order chi connectivity index (χ0) is 20.9. The molecule has 2 aliphatic carbocycles. The highest BCUT2D eigenvalue weighted by molar-refractivity contribution is 7.89. The van der Waals surface area contributed by atoms with Crippen molar-refractivity contribution in [2.75, 3.05) is 13.1 Å². The minimum atomic E-state index is -3.55. The smallest absolute Gasteiger partial charge is 0.212 e. The molecule has 0 spiro atoms. The first-order valence-electron chi connectivity index (χ1n) is 11.0. The van der Waals surface area contributed by atoms with Crippen LogP contribution >= 0.6 is 0 Å². The Bertz CT molecular complexity index is 1050. The van der Waals surface area contributed by atoms with E-state index in [1.54, 1.807) is 12.1 Å². The van der Waals surface area contributed by atoms with Crippen LogP contribution in [-0.2, 0) is 29.3 Å². The van der Waals surface area contributed by atoms with Crippen LogP contribution in [0.25, 0.3) is 0 Å². The van der Waals surface area contributed by atoms with Crippen LogP contribution in [0.2, 0.25) is 0 Å². The van der Waals surface area contributed by atoms with Crippen molar-refractivity contribution < 1.29 is 12.8 Å². The minimum Gasteiger partial charge on any atom is -0.299 e. The third kappa shape index (κ3) is 4.05. The van der Waals surface area contributed by atoms with E-state index in [9.17, 15) is 12.8 Å². The fraction of sp³-hybridized carbons (Fsp3) is 0.500. The zero-order valence-corrected chi connectivity index (χ0v) is 18.0. The molecule has 30 heavy (non-hydrogen) atoms. The van der Waals surface area contributed by atoms with E-state index in [0.717, 1.165) is 49.9 Å². The van der Waals surface area contributed by atoms with E-state index in [4.69, 9.17) is 5.14 Å². The summed E-state index contributed by atoms with van der Waals surface area (Å²) in [4.78, 5) is 2.54. The number of benzene rings is 2. The Balaban J connectivity index is 1.45. The standard InChI is InChI=1S/C24H29FN2O2S/c25-20-4-1-3-16(11-20)13-22-21-12-17(14-24(18-7-8-18)30(26,28)29)5-6-19(21)15-23(22)27-9-2-10-27/h1,3-6,11-12,18,22-24H,2,7-10,13-15H2,(H2,26,28,29). The first kappa shape index (κ1) is 20.2. The fourth-order valence-corrected chi connectivity index (χ4v) is 6.58. The molecule has 1 heterocycles. The maximum absolute atomic E-state index is 13.8. The minimum absolute atomic E-state index is 0.194. The Morgan fingerprint density at radius 1 is 1.10 bits per heavy atom. The van der Waals surface area contributed by atoms with Gasteiger partial charge in [0.2, 0.25) is 10.0 Å². The van der Waals surface area contributed by atoms with Crippen molar-refractivity contribution in [3.8, 4) is 0 Å². The average Bonchev–Trinajstić information content (AvgIpc) is 3.42. The van der Waals surface area contributed by atoms with Gasteiger partial charge >= 0.3 is 0 Å². The Hall–Kier alpha value is -1.76. The van der Waals surface area contributed by atoms with E-state index in [1.165, 1.54) is 23.6 Å². The first-order valence-corrected chi connectivity index (χ1v) is 12.6. The van der Waals surface area contributed by atoms with Gasteiger partial charge in [-0.3, -0.25) is 4.90 Å². The van der Waals surface area contributed by atoms with E-state index < -0.39 is 15.3 Å². The Kier molecular flexibility index (Phi) is 5.20. The average molecular weight is 429 g/mol. The van der Waals surface area contributed by atoms with Gasteiger partial charge in [0.25, 0.3) is 0 Å². The van der Waals surface area contributed by atoms with Crippen LogP contribution < -0.4 is 5.14 Å². The molecule has 1 saturated heterocycles. The highest BCUT2D eigenvalue weighted by atomic mass is 32.2. The second-order valence-electron chi connectivity index (χ2n) is 9.30. The van der Waals surface area contributed by atoms with Crippen molar-refractivity contribution in [3.05, 3.63) is 70.5 Å². The summed E-state index contributed by atoms with van der Waals surface area (Å²) in [6.07, 6.45) is 5.43. The third-order valence-electron chi connectivity index (χ3n) is 7.21. The molecule has 0 bridgehead atoms. The monoisotopic (exact) mass is 428 g/mol. The van der Waals surface area contributed by atoms with Gasteiger partial charge in [0.1, 0.15) is 5.82 Å². The van der Waals surface area contributed by atoms with Crippen molar-refractivity contribution >= 4 is 10.0 Å². The summed E-state index contributed by atoms with van der Waals surface area (Å²) in [5.41, 5.74) is 4.71. The maximum Gasteiger partial charge on any atom is 0.212 e. The number of hydrogen-bond donors (Lipinski definition) is 1. The van der Waals surface area contributed by atoms with E-state index in [1.807, 2.05) is 6.07 Å². The lowest BCUT2D eigenvalue weighted by atomic mass is 9.88. The molecule has 2 aromatic rings. The van der Waals surface area contributed by atoms with Crippen LogP contribution in [0.5, 0.6) is 0 Å². The number of fused-ring (bicyclic) bond motifs is 1. The maximum atomic E-state index is 13.8. The third-order valence-corrected chi connectivity index (χ3v) is 8.61. The van der Waals surface area contributed by atoms with Crippen LogP contribution in [-0.4, -0.2) is 37.7 Å². The van der Waals surface area contributed by atoms with Gasteiger partial charge in [-0.15, -0.1) is 0 Å². The van der Waals surface area contributed by atoms with Gasteiger partial charge in [-0.25, -0.2) is 17.9 Å². The number of sulfonamides is 1. The van der Waals surface area contributed by atoms with Gasteiger partial charge in [-0.05, 0) is 91.9 Å². The number of nitrogens with zero attached hydrogens (tertiary/aromatic N) is 1. The normalized spacial score (nSPS) is 25.0. The van der Waals surface area contributed by atoms with Gasteiger partial charge in [0.15, 0.2) is 0 Å².